The van der Waals surface area contributed by atoms with Gasteiger partial charge >= 0.3 is 0 Å². The maximum atomic E-state index is 14.0. The summed E-state index contributed by atoms with van der Waals surface area (Å²) >= 11 is 12.6. The standard InChI is InChI=1S/C25H22Cl2FN5O/c1-32(2)18-9-14-6-7-17(8-15(14)10-18)30-25-29-12-19-22(31-25)16(11-28)13-33(24(19)34)23-20(26)4-3-5-21(23)27/h3-8,12-13,18H,9-11H2,1-2H3,(H,29,30,31). The van der Waals surface area contributed by atoms with Crippen LogP contribution in [-0.2, 0) is 19.5 Å². The van der Waals surface area contributed by atoms with E-state index in [0.717, 1.165) is 18.5 Å². The van der Waals surface area contributed by atoms with Crippen LogP contribution in [-0.4, -0.2) is 39.6 Å². The lowest BCUT2D eigenvalue weighted by molar-refractivity contribution is 0.303. The van der Waals surface area contributed by atoms with Crippen molar-refractivity contribution in [1.29, 1.82) is 0 Å². The van der Waals surface area contributed by atoms with E-state index in [2.05, 4.69) is 46.4 Å². The molecule has 0 fully saturated rings. The Bertz CT molecular complexity index is 1450. The Morgan fingerprint density at radius 2 is 1.88 bits per heavy atom. The number of anilines is 2. The van der Waals surface area contributed by atoms with Crippen LogP contribution in [0, 0.1) is 0 Å². The Hall–Kier alpha value is -3.00. The third-order valence-electron chi connectivity index (χ3n) is 6.25. The lowest BCUT2D eigenvalue weighted by Gasteiger charge is -2.17. The molecule has 34 heavy (non-hydrogen) atoms. The molecule has 1 unspecified atom stereocenters. The van der Waals surface area contributed by atoms with Crippen LogP contribution in [0.1, 0.15) is 16.7 Å². The van der Waals surface area contributed by atoms with E-state index in [1.165, 1.54) is 28.1 Å². The van der Waals surface area contributed by atoms with Crippen LogP contribution in [0.15, 0.2) is 53.6 Å². The van der Waals surface area contributed by atoms with Gasteiger partial charge in [0, 0.05) is 29.7 Å². The summed E-state index contributed by atoms with van der Waals surface area (Å²) in [5, 5.41) is 3.94. The zero-order valence-corrected chi connectivity index (χ0v) is 20.2. The smallest absolute Gasteiger partial charge is 0.266 e. The van der Waals surface area contributed by atoms with Gasteiger partial charge < -0.3 is 10.2 Å². The van der Waals surface area contributed by atoms with Crippen molar-refractivity contribution in [2.45, 2.75) is 25.6 Å². The molecule has 0 saturated heterocycles. The van der Waals surface area contributed by atoms with E-state index in [-0.39, 0.29) is 32.5 Å². The molecular weight excluding hydrogens is 476 g/mol. The third kappa shape index (κ3) is 4.04. The molecule has 0 spiro atoms. The number of hydrogen-bond acceptors (Lipinski definition) is 5. The highest BCUT2D eigenvalue weighted by molar-refractivity contribution is 6.37. The van der Waals surface area contributed by atoms with E-state index < -0.39 is 12.2 Å². The highest BCUT2D eigenvalue weighted by Gasteiger charge is 2.23. The van der Waals surface area contributed by atoms with E-state index in [4.69, 9.17) is 23.2 Å². The zero-order valence-electron chi connectivity index (χ0n) is 18.6. The molecule has 0 amide bonds. The van der Waals surface area contributed by atoms with E-state index in [1.807, 2.05) is 6.07 Å². The predicted octanol–water partition coefficient (Wildman–Crippen LogP) is 5.33. The SMILES string of the molecule is CN(C)C1Cc2ccc(Nc3ncc4c(=O)n(-c5c(Cl)cccc5Cl)cc(CF)c4n3)cc2C1. The number of benzene rings is 2. The van der Waals surface area contributed by atoms with Crippen LogP contribution in [0.4, 0.5) is 16.0 Å². The maximum absolute atomic E-state index is 14.0. The van der Waals surface area contributed by atoms with Crippen molar-refractivity contribution in [3.8, 4) is 5.69 Å². The van der Waals surface area contributed by atoms with E-state index in [1.54, 1.807) is 18.2 Å². The number of hydrogen-bond donors (Lipinski definition) is 1. The first-order valence-corrected chi connectivity index (χ1v) is 11.6. The molecule has 9 heteroatoms. The van der Waals surface area contributed by atoms with Crippen molar-refractivity contribution in [2.24, 2.45) is 0 Å². The van der Waals surface area contributed by atoms with Crippen molar-refractivity contribution in [3.05, 3.63) is 85.9 Å². The summed E-state index contributed by atoms with van der Waals surface area (Å²) in [5.74, 6) is 0.289. The van der Waals surface area contributed by atoms with E-state index in [9.17, 15) is 9.18 Å². The predicted molar refractivity (Wildman–Crippen MR) is 135 cm³/mol. The van der Waals surface area contributed by atoms with Gasteiger partial charge in [0.1, 0.15) is 6.67 Å². The number of fused-ring (bicyclic) bond motifs is 2. The average Bonchev–Trinajstić information content (AvgIpc) is 3.24. The molecular formula is C25H22Cl2FN5O. The molecule has 0 bridgehead atoms. The molecule has 2 aromatic heterocycles. The van der Waals surface area contributed by atoms with Crippen molar-refractivity contribution >= 4 is 45.7 Å². The molecule has 0 saturated carbocycles. The fourth-order valence-electron chi connectivity index (χ4n) is 4.40. The summed E-state index contributed by atoms with van der Waals surface area (Å²) < 4.78 is 15.3. The quantitative estimate of drug-likeness (QED) is 0.403. The van der Waals surface area contributed by atoms with Crippen LogP contribution >= 0.6 is 23.2 Å². The number of rotatable bonds is 5. The largest absolute Gasteiger partial charge is 0.324 e. The fraction of sp³-hybridized carbons (Fsp3) is 0.240. The second-order valence-electron chi connectivity index (χ2n) is 8.62. The molecule has 1 atom stereocenters. The van der Waals surface area contributed by atoms with Crippen molar-refractivity contribution in [3.63, 3.8) is 0 Å². The number of nitrogens with zero attached hydrogens (tertiary/aromatic N) is 4. The summed E-state index contributed by atoms with van der Waals surface area (Å²) in [6.45, 7) is -0.819. The Balaban J connectivity index is 1.53. The Morgan fingerprint density at radius 1 is 1.15 bits per heavy atom. The monoisotopic (exact) mass is 497 g/mol. The molecule has 4 aromatic rings. The fourth-order valence-corrected chi connectivity index (χ4v) is 4.98. The molecule has 6 nitrogen and oxygen atoms in total. The summed E-state index contributed by atoms with van der Waals surface area (Å²) in [6.07, 6.45) is 4.80. The molecule has 1 N–H and O–H groups in total. The van der Waals surface area contributed by atoms with Gasteiger partial charge in [-0.15, -0.1) is 0 Å². The second kappa shape index (κ2) is 8.98. The number of pyridine rings is 1. The Morgan fingerprint density at radius 3 is 2.59 bits per heavy atom. The van der Waals surface area contributed by atoms with E-state index in [0.29, 0.717) is 11.7 Å². The summed E-state index contributed by atoms with van der Waals surface area (Å²) in [5.41, 5.74) is 3.81. The van der Waals surface area contributed by atoms with Crippen molar-refractivity contribution in [2.75, 3.05) is 19.4 Å². The third-order valence-corrected chi connectivity index (χ3v) is 6.86. The summed E-state index contributed by atoms with van der Waals surface area (Å²) in [6, 6.07) is 11.6. The first-order valence-electron chi connectivity index (χ1n) is 10.8. The molecule has 2 heterocycles. The first-order chi connectivity index (χ1) is 16.4. The van der Waals surface area contributed by atoms with Gasteiger partial charge in [0.15, 0.2) is 0 Å². The minimum Gasteiger partial charge on any atom is -0.324 e. The highest BCUT2D eigenvalue weighted by Crippen LogP contribution is 2.30. The van der Waals surface area contributed by atoms with Gasteiger partial charge in [-0.3, -0.25) is 9.36 Å². The van der Waals surface area contributed by atoms with Crippen LogP contribution in [0.25, 0.3) is 16.6 Å². The topological polar surface area (TPSA) is 63.1 Å². The Kier molecular flexibility index (Phi) is 6.02. The van der Waals surface area contributed by atoms with Gasteiger partial charge in [-0.25, -0.2) is 14.4 Å². The number of para-hydroxylation sites is 1. The van der Waals surface area contributed by atoms with Crippen molar-refractivity contribution in [1.82, 2.24) is 19.4 Å². The van der Waals surface area contributed by atoms with Crippen LogP contribution in [0.3, 0.4) is 0 Å². The van der Waals surface area contributed by atoms with Crippen LogP contribution in [0.2, 0.25) is 10.0 Å². The van der Waals surface area contributed by atoms with Gasteiger partial charge in [-0.2, -0.15) is 0 Å². The minimum atomic E-state index is -0.819. The average molecular weight is 498 g/mol. The van der Waals surface area contributed by atoms with Gasteiger partial charge in [0.05, 0.1) is 26.6 Å². The van der Waals surface area contributed by atoms with Crippen LogP contribution < -0.4 is 10.9 Å². The molecule has 0 radical (unpaired) electrons. The molecule has 174 valence electrons. The lowest BCUT2D eigenvalue weighted by atomic mass is 10.1. The number of likely N-dealkylation sites (N-methyl/N-ethyl adjacent to an activating group) is 1. The minimum absolute atomic E-state index is 0.180. The Labute approximate surface area is 206 Å². The zero-order chi connectivity index (χ0) is 24.0. The molecule has 0 aliphatic heterocycles. The van der Waals surface area contributed by atoms with Gasteiger partial charge in [-0.05, 0) is 62.3 Å². The normalized spacial score (nSPS) is 15.2. The molecule has 1 aliphatic carbocycles. The van der Waals surface area contributed by atoms with Crippen molar-refractivity contribution < 1.29 is 4.39 Å². The number of nitrogens with one attached hydrogen (secondary N) is 1. The van der Waals surface area contributed by atoms with Crippen LogP contribution in [0.5, 0.6) is 0 Å². The van der Waals surface area contributed by atoms with E-state index >= 15 is 0 Å². The molecule has 5 rings (SSSR count). The number of aromatic nitrogens is 3. The highest BCUT2D eigenvalue weighted by atomic mass is 35.5. The molecule has 1 aliphatic rings. The van der Waals surface area contributed by atoms with Gasteiger partial charge in [0.25, 0.3) is 5.56 Å². The first kappa shape index (κ1) is 22.8. The lowest BCUT2D eigenvalue weighted by Crippen LogP contribution is -2.27. The summed E-state index contributed by atoms with van der Waals surface area (Å²) in [4.78, 5) is 24.2. The maximum Gasteiger partial charge on any atom is 0.266 e. The van der Waals surface area contributed by atoms with Gasteiger partial charge in [-0.1, -0.05) is 35.3 Å². The van der Waals surface area contributed by atoms with Gasteiger partial charge in [0.2, 0.25) is 5.95 Å². The number of alkyl halides is 1. The second-order valence-corrected chi connectivity index (χ2v) is 9.44. The summed E-state index contributed by atoms with van der Waals surface area (Å²) in [7, 11) is 4.18. The molecule has 2 aromatic carbocycles. The number of halogens is 3.